The first-order valence-corrected chi connectivity index (χ1v) is 6.21. The lowest BCUT2D eigenvalue weighted by Gasteiger charge is -2.26. The number of hydrogen-bond donors (Lipinski definition) is 1. The molecule has 0 aromatic rings. The van der Waals surface area contributed by atoms with Gasteiger partial charge in [-0.25, -0.2) is 0 Å². The molecule has 1 rings (SSSR count). The van der Waals surface area contributed by atoms with Gasteiger partial charge in [-0.05, 0) is 44.3 Å². The van der Waals surface area contributed by atoms with Crippen molar-refractivity contribution < 1.29 is 4.74 Å². The van der Waals surface area contributed by atoms with Gasteiger partial charge in [0.15, 0.2) is 5.11 Å². The number of ether oxygens (including phenoxy) is 1. The minimum Gasteiger partial charge on any atom is -0.381 e. The van der Waals surface area contributed by atoms with Crippen LogP contribution >= 0.6 is 12.2 Å². The average molecular weight is 230 g/mol. The third kappa shape index (κ3) is 4.80. The molecule has 1 aliphatic rings. The molecule has 0 aromatic heterocycles. The zero-order valence-electron chi connectivity index (χ0n) is 9.79. The molecule has 0 radical (unpaired) electrons. The summed E-state index contributed by atoms with van der Waals surface area (Å²) in [6.45, 7) is 5.90. The van der Waals surface area contributed by atoms with Crippen molar-refractivity contribution in [1.82, 2.24) is 10.2 Å². The molecule has 0 aromatic carbocycles. The molecule has 0 atom stereocenters. The first kappa shape index (κ1) is 12.7. The summed E-state index contributed by atoms with van der Waals surface area (Å²) < 4.78 is 5.34. The fraction of sp³-hybridized carbons (Fsp3) is 0.909. The fourth-order valence-corrected chi connectivity index (χ4v) is 2.03. The Morgan fingerprint density at radius 3 is 2.73 bits per heavy atom. The van der Waals surface area contributed by atoms with E-state index in [0.29, 0.717) is 0 Å². The van der Waals surface area contributed by atoms with Gasteiger partial charge in [-0.2, -0.15) is 0 Å². The second-order valence-electron chi connectivity index (χ2n) is 4.10. The SMILES string of the molecule is CCNC(=S)N(C)CCC1CCOCC1. The standard InChI is InChI=1S/C11H22N2OS/c1-3-12-11(15)13(2)7-4-10-5-8-14-9-6-10/h10H,3-9H2,1-2H3,(H,12,15). The highest BCUT2D eigenvalue weighted by atomic mass is 32.1. The minimum atomic E-state index is 0.825. The van der Waals surface area contributed by atoms with Gasteiger partial charge >= 0.3 is 0 Å². The van der Waals surface area contributed by atoms with E-state index in [1.165, 1.54) is 19.3 Å². The van der Waals surface area contributed by atoms with E-state index in [4.69, 9.17) is 17.0 Å². The van der Waals surface area contributed by atoms with E-state index in [2.05, 4.69) is 24.2 Å². The molecule has 0 aliphatic carbocycles. The summed E-state index contributed by atoms with van der Waals surface area (Å²) in [6.07, 6.45) is 3.65. The molecule has 88 valence electrons. The van der Waals surface area contributed by atoms with Gasteiger partial charge in [-0.1, -0.05) is 0 Å². The molecule has 1 heterocycles. The molecule has 0 unspecified atom stereocenters. The normalized spacial score (nSPS) is 17.5. The van der Waals surface area contributed by atoms with Crippen LogP contribution in [-0.2, 0) is 4.74 Å². The predicted octanol–water partition coefficient (Wildman–Crippen LogP) is 1.63. The highest BCUT2D eigenvalue weighted by Crippen LogP contribution is 2.18. The van der Waals surface area contributed by atoms with Crippen LogP contribution in [0.15, 0.2) is 0 Å². The van der Waals surface area contributed by atoms with E-state index in [1.54, 1.807) is 0 Å². The number of rotatable bonds is 4. The third-order valence-corrected chi connectivity index (χ3v) is 3.34. The zero-order chi connectivity index (χ0) is 11.1. The van der Waals surface area contributed by atoms with E-state index >= 15 is 0 Å². The van der Waals surface area contributed by atoms with Crippen LogP contribution in [0, 0.1) is 5.92 Å². The van der Waals surface area contributed by atoms with Crippen molar-refractivity contribution >= 4 is 17.3 Å². The summed E-state index contributed by atoms with van der Waals surface area (Å²) in [6, 6.07) is 0. The zero-order valence-corrected chi connectivity index (χ0v) is 10.6. The summed E-state index contributed by atoms with van der Waals surface area (Å²) in [5.41, 5.74) is 0. The Morgan fingerprint density at radius 1 is 1.47 bits per heavy atom. The molecule has 1 fully saturated rings. The molecule has 0 saturated carbocycles. The van der Waals surface area contributed by atoms with Crippen LogP contribution in [0.1, 0.15) is 26.2 Å². The van der Waals surface area contributed by atoms with Crippen molar-refractivity contribution in [3.63, 3.8) is 0 Å². The Morgan fingerprint density at radius 2 is 2.13 bits per heavy atom. The van der Waals surface area contributed by atoms with Gasteiger partial charge in [-0.15, -0.1) is 0 Å². The van der Waals surface area contributed by atoms with Crippen molar-refractivity contribution in [2.45, 2.75) is 26.2 Å². The van der Waals surface area contributed by atoms with Gasteiger partial charge in [0.1, 0.15) is 0 Å². The predicted molar refractivity (Wildman–Crippen MR) is 67.1 cm³/mol. The summed E-state index contributed by atoms with van der Waals surface area (Å²) in [4.78, 5) is 2.13. The molecule has 1 aliphatic heterocycles. The second kappa shape index (κ2) is 7.01. The van der Waals surface area contributed by atoms with Crippen molar-refractivity contribution in [3.05, 3.63) is 0 Å². The Labute approximate surface area is 98.2 Å². The van der Waals surface area contributed by atoms with Gasteiger partial charge in [0.25, 0.3) is 0 Å². The van der Waals surface area contributed by atoms with Crippen LogP contribution in [0.4, 0.5) is 0 Å². The van der Waals surface area contributed by atoms with Crippen LogP contribution in [0.2, 0.25) is 0 Å². The lowest BCUT2D eigenvalue weighted by molar-refractivity contribution is 0.0626. The summed E-state index contributed by atoms with van der Waals surface area (Å²) in [5, 5.41) is 4.03. The smallest absolute Gasteiger partial charge is 0.168 e. The minimum absolute atomic E-state index is 0.825. The van der Waals surface area contributed by atoms with Crippen LogP contribution < -0.4 is 5.32 Å². The van der Waals surface area contributed by atoms with E-state index in [-0.39, 0.29) is 0 Å². The highest BCUT2D eigenvalue weighted by molar-refractivity contribution is 7.80. The average Bonchev–Trinajstić information content (AvgIpc) is 2.27. The van der Waals surface area contributed by atoms with E-state index < -0.39 is 0 Å². The lowest BCUT2D eigenvalue weighted by atomic mass is 9.96. The van der Waals surface area contributed by atoms with Crippen molar-refractivity contribution in [2.75, 3.05) is 33.4 Å². The van der Waals surface area contributed by atoms with Gasteiger partial charge in [-0.3, -0.25) is 0 Å². The summed E-state index contributed by atoms with van der Waals surface area (Å²) in [7, 11) is 2.06. The molecule has 3 nitrogen and oxygen atoms in total. The van der Waals surface area contributed by atoms with E-state index in [9.17, 15) is 0 Å². The molecular weight excluding hydrogens is 208 g/mol. The Bertz CT molecular complexity index is 193. The quantitative estimate of drug-likeness (QED) is 0.742. The third-order valence-electron chi connectivity index (χ3n) is 2.89. The maximum Gasteiger partial charge on any atom is 0.168 e. The Balaban J connectivity index is 2.14. The monoisotopic (exact) mass is 230 g/mol. The summed E-state index contributed by atoms with van der Waals surface area (Å²) in [5.74, 6) is 0.825. The maximum atomic E-state index is 5.34. The molecule has 0 bridgehead atoms. The van der Waals surface area contributed by atoms with Crippen LogP contribution in [-0.4, -0.2) is 43.4 Å². The Kier molecular flexibility index (Phi) is 5.95. The molecular formula is C11H22N2OS. The van der Waals surface area contributed by atoms with Gasteiger partial charge in [0.05, 0.1) is 0 Å². The molecule has 15 heavy (non-hydrogen) atoms. The largest absolute Gasteiger partial charge is 0.381 e. The number of nitrogens with zero attached hydrogens (tertiary/aromatic N) is 1. The van der Waals surface area contributed by atoms with Crippen molar-refractivity contribution in [2.24, 2.45) is 5.92 Å². The number of hydrogen-bond acceptors (Lipinski definition) is 2. The van der Waals surface area contributed by atoms with Crippen LogP contribution in [0.5, 0.6) is 0 Å². The van der Waals surface area contributed by atoms with E-state index in [0.717, 1.165) is 37.3 Å². The molecule has 1 N–H and O–H groups in total. The first-order valence-electron chi connectivity index (χ1n) is 5.80. The molecule has 0 amide bonds. The van der Waals surface area contributed by atoms with Crippen molar-refractivity contribution in [1.29, 1.82) is 0 Å². The van der Waals surface area contributed by atoms with Gasteiger partial charge < -0.3 is 15.0 Å². The number of thiocarbonyl (C=S) groups is 1. The lowest BCUT2D eigenvalue weighted by Crippen LogP contribution is -2.38. The van der Waals surface area contributed by atoms with Crippen LogP contribution in [0.3, 0.4) is 0 Å². The second-order valence-corrected chi connectivity index (χ2v) is 4.49. The van der Waals surface area contributed by atoms with Crippen LogP contribution in [0.25, 0.3) is 0 Å². The van der Waals surface area contributed by atoms with Gasteiger partial charge in [0, 0.05) is 33.4 Å². The molecule has 1 saturated heterocycles. The molecule has 0 spiro atoms. The van der Waals surface area contributed by atoms with Gasteiger partial charge in [0.2, 0.25) is 0 Å². The fourth-order valence-electron chi connectivity index (χ4n) is 1.80. The molecule has 4 heteroatoms. The Hall–Kier alpha value is -0.350. The van der Waals surface area contributed by atoms with Crippen molar-refractivity contribution in [3.8, 4) is 0 Å². The maximum absolute atomic E-state index is 5.34. The summed E-state index contributed by atoms with van der Waals surface area (Å²) >= 11 is 5.23. The number of nitrogens with one attached hydrogen (secondary N) is 1. The highest BCUT2D eigenvalue weighted by Gasteiger charge is 2.14. The topological polar surface area (TPSA) is 24.5 Å². The van der Waals surface area contributed by atoms with E-state index in [1.807, 2.05) is 0 Å². The first-order chi connectivity index (χ1) is 7.24.